The first-order valence-electron chi connectivity index (χ1n) is 4.39. The summed E-state index contributed by atoms with van der Waals surface area (Å²) < 4.78 is 5.26. The van der Waals surface area contributed by atoms with Crippen LogP contribution in [-0.4, -0.2) is 16.6 Å². The van der Waals surface area contributed by atoms with Crippen LogP contribution in [0.25, 0.3) is 11.0 Å². The van der Waals surface area contributed by atoms with Crippen LogP contribution in [0.2, 0.25) is 0 Å². The molecule has 3 heteroatoms. The van der Waals surface area contributed by atoms with Crippen LogP contribution in [0.1, 0.15) is 12.5 Å². The number of benzene rings is 1. The molecule has 0 atom stereocenters. The molecule has 0 amide bonds. The van der Waals surface area contributed by atoms with E-state index < -0.39 is 0 Å². The smallest absolute Gasteiger partial charge is 0.294 e. The number of hydrogen-bond donors (Lipinski definition) is 1. The van der Waals surface area contributed by atoms with Crippen LogP contribution in [0.4, 0.5) is 0 Å². The van der Waals surface area contributed by atoms with Gasteiger partial charge in [-0.3, -0.25) is 0 Å². The van der Waals surface area contributed by atoms with E-state index in [-0.39, 0.29) is 0 Å². The van der Waals surface area contributed by atoms with Gasteiger partial charge in [-0.05, 0) is 31.5 Å². The Morgan fingerprint density at radius 3 is 3.08 bits per heavy atom. The Hall–Kier alpha value is -1.51. The minimum absolute atomic E-state index is 0.600. The zero-order chi connectivity index (χ0) is 9.26. The van der Waals surface area contributed by atoms with E-state index in [1.54, 1.807) is 0 Å². The van der Waals surface area contributed by atoms with Gasteiger partial charge in [0.05, 0.1) is 17.6 Å². The van der Waals surface area contributed by atoms with Crippen LogP contribution in [-0.2, 0) is 0 Å². The minimum atomic E-state index is 0.600. The van der Waals surface area contributed by atoms with Gasteiger partial charge in [-0.1, -0.05) is 6.07 Å². The van der Waals surface area contributed by atoms with Crippen LogP contribution in [0.3, 0.4) is 0 Å². The predicted molar refractivity (Wildman–Crippen MR) is 52.0 cm³/mol. The summed E-state index contributed by atoms with van der Waals surface area (Å²) >= 11 is 0. The molecular formula is C10H12N2O. The Morgan fingerprint density at radius 1 is 1.46 bits per heavy atom. The van der Waals surface area contributed by atoms with Crippen molar-refractivity contribution in [1.29, 1.82) is 0 Å². The normalized spacial score (nSPS) is 10.6. The Bertz CT molecular complexity index is 420. The van der Waals surface area contributed by atoms with Crippen LogP contribution < -0.4 is 4.74 Å². The summed E-state index contributed by atoms with van der Waals surface area (Å²) in [5, 5.41) is 0. The SMILES string of the molecule is CCOc1nc2cc(C)ccc2[nH]1. The van der Waals surface area contributed by atoms with Gasteiger partial charge in [-0.2, -0.15) is 4.98 Å². The van der Waals surface area contributed by atoms with Crippen LogP contribution in [0.15, 0.2) is 18.2 Å². The summed E-state index contributed by atoms with van der Waals surface area (Å²) in [5.74, 6) is 0. The van der Waals surface area contributed by atoms with Crippen molar-refractivity contribution in [2.24, 2.45) is 0 Å². The lowest BCUT2D eigenvalue weighted by Gasteiger charge is -1.93. The number of H-pyrrole nitrogens is 1. The number of hydrogen-bond acceptors (Lipinski definition) is 2. The summed E-state index contributed by atoms with van der Waals surface area (Å²) in [5.41, 5.74) is 3.19. The summed E-state index contributed by atoms with van der Waals surface area (Å²) in [6.07, 6.45) is 0. The second-order valence-corrected chi connectivity index (χ2v) is 3.00. The summed E-state index contributed by atoms with van der Waals surface area (Å²) in [7, 11) is 0. The first-order valence-corrected chi connectivity index (χ1v) is 4.39. The molecule has 0 saturated carbocycles. The molecule has 1 aromatic carbocycles. The molecule has 0 fully saturated rings. The third-order valence-electron chi connectivity index (χ3n) is 1.90. The lowest BCUT2D eigenvalue weighted by molar-refractivity contribution is 0.317. The van der Waals surface area contributed by atoms with Crippen molar-refractivity contribution in [3.63, 3.8) is 0 Å². The number of nitrogens with zero attached hydrogens (tertiary/aromatic N) is 1. The van der Waals surface area contributed by atoms with Crippen LogP contribution in [0.5, 0.6) is 6.01 Å². The fourth-order valence-corrected chi connectivity index (χ4v) is 1.30. The Morgan fingerprint density at radius 2 is 2.31 bits per heavy atom. The number of aromatic nitrogens is 2. The molecule has 0 aliphatic heterocycles. The van der Waals surface area contributed by atoms with Crippen molar-refractivity contribution in [3.05, 3.63) is 23.8 Å². The maximum absolute atomic E-state index is 5.26. The predicted octanol–water partition coefficient (Wildman–Crippen LogP) is 2.27. The molecule has 0 saturated heterocycles. The topological polar surface area (TPSA) is 37.9 Å². The second-order valence-electron chi connectivity index (χ2n) is 3.00. The third kappa shape index (κ3) is 1.49. The molecule has 1 aromatic heterocycles. The van der Waals surface area contributed by atoms with Gasteiger partial charge >= 0.3 is 0 Å². The lowest BCUT2D eigenvalue weighted by Crippen LogP contribution is -1.92. The van der Waals surface area contributed by atoms with E-state index in [0.717, 1.165) is 11.0 Å². The average Bonchev–Trinajstić information content (AvgIpc) is 2.46. The number of aromatic amines is 1. The molecule has 0 radical (unpaired) electrons. The van der Waals surface area contributed by atoms with Crippen LogP contribution in [0, 0.1) is 6.92 Å². The zero-order valence-corrected chi connectivity index (χ0v) is 7.79. The van der Waals surface area contributed by atoms with Crippen molar-refractivity contribution in [1.82, 2.24) is 9.97 Å². The van der Waals surface area contributed by atoms with Crippen molar-refractivity contribution < 1.29 is 4.74 Å². The number of nitrogens with one attached hydrogen (secondary N) is 1. The van der Waals surface area contributed by atoms with Gasteiger partial charge < -0.3 is 9.72 Å². The molecule has 0 spiro atoms. The molecule has 2 aromatic rings. The molecule has 1 heterocycles. The molecule has 0 aliphatic rings. The number of fused-ring (bicyclic) bond motifs is 1. The number of rotatable bonds is 2. The van der Waals surface area contributed by atoms with Crippen LogP contribution >= 0.6 is 0 Å². The zero-order valence-electron chi connectivity index (χ0n) is 7.79. The standard InChI is InChI=1S/C10H12N2O/c1-3-13-10-11-8-5-4-7(2)6-9(8)12-10/h4-6H,3H2,1-2H3,(H,11,12). The number of aryl methyl sites for hydroxylation is 1. The quantitative estimate of drug-likeness (QED) is 0.762. The summed E-state index contributed by atoms with van der Waals surface area (Å²) in [4.78, 5) is 7.38. The van der Waals surface area contributed by atoms with Gasteiger partial charge in [-0.15, -0.1) is 0 Å². The van der Waals surface area contributed by atoms with Crippen molar-refractivity contribution in [3.8, 4) is 6.01 Å². The minimum Gasteiger partial charge on any atom is -0.465 e. The highest BCUT2D eigenvalue weighted by molar-refractivity contribution is 5.76. The van der Waals surface area contributed by atoms with Crippen molar-refractivity contribution in [2.45, 2.75) is 13.8 Å². The van der Waals surface area contributed by atoms with Gasteiger partial charge in [0.15, 0.2) is 0 Å². The van der Waals surface area contributed by atoms with E-state index in [4.69, 9.17) is 4.74 Å². The third-order valence-corrected chi connectivity index (χ3v) is 1.90. The monoisotopic (exact) mass is 176 g/mol. The van der Waals surface area contributed by atoms with E-state index >= 15 is 0 Å². The summed E-state index contributed by atoms with van der Waals surface area (Å²) in [6.45, 7) is 4.63. The summed E-state index contributed by atoms with van der Waals surface area (Å²) in [6, 6.07) is 6.70. The van der Waals surface area contributed by atoms with E-state index in [9.17, 15) is 0 Å². The molecule has 1 N–H and O–H groups in total. The maximum Gasteiger partial charge on any atom is 0.294 e. The van der Waals surface area contributed by atoms with Gasteiger partial charge in [0, 0.05) is 0 Å². The molecule has 3 nitrogen and oxygen atoms in total. The Labute approximate surface area is 76.8 Å². The van der Waals surface area contributed by atoms with Gasteiger partial charge in [-0.25, -0.2) is 0 Å². The molecule has 0 unspecified atom stereocenters. The Kier molecular flexibility index (Phi) is 1.93. The van der Waals surface area contributed by atoms with E-state index in [0.29, 0.717) is 12.6 Å². The van der Waals surface area contributed by atoms with Gasteiger partial charge in [0.25, 0.3) is 6.01 Å². The average molecular weight is 176 g/mol. The number of imidazole rings is 1. The lowest BCUT2D eigenvalue weighted by atomic mass is 10.2. The Balaban J connectivity index is 2.49. The first-order chi connectivity index (χ1) is 6.29. The fraction of sp³-hybridized carbons (Fsp3) is 0.300. The van der Waals surface area contributed by atoms with Gasteiger partial charge in [0.1, 0.15) is 0 Å². The second kappa shape index (κ2) is 3.09. The number of ether oxygens (including phenoxy) is 1. The van der Waals surface area contributed by atoms with E-state index in [1.165, 1.54) is 5.56 Å². The first kappa shape index (κ1) is 8.10. The van der Waals surface area contributed by atoms with Crippen molar-refractivity contribution in [2.75, 3.05) is 6.61 Å². The highest BCUT2D eigenvalue weighted by atomic mass is 16.5. The van der Waals surface area contributed by atoms with Crippen molar-refractivity contribution >= 4 is 11.0 Å². The van der Waals surface area contributed by atoms with E-state index in [1.807, 2.05) is 19.1 Å². The molecule has 13 heavy (non-hydrogen) atoms. The highest BCUT2D eigenvalue weighted by Gasteiger charge is 2.01. The molecule has 0 aliphatic carbocycles. The fourth-order valence-electron chi connectivity index (χ4n) is 1.30. The van der Waals surface area contributed by atoms with E-state index in [2.05, 4.69) is 23.0 Å². The molecule has 68 valence electrons. The van der Waals surface area contributed by atoms with Gasteiger partial charge in [0.2, 0.25) is 0 Å². The molecule has 0 bridgehead atoms. The highest BCUT2D eigenvalue weighted by Crippen LogP contribution is 2.16. The maximum atomic E-state index is 5.26. The molecular weight excluding hydrogens is 164 g/mol. The molecule has 2 rings (SSSR count). The largest absolute Gasteiger partial charge is 0.465 e.